The highest BCUT2D eigenvalue weighted by atomic mass is 35.5. The maximum Gasteiger partial charge on any atom is 0.237 e. The summed E-state index contributed by atoms with van der Waals surface area (Å²) in [6, 6.07) is 6.40. The highest BCUT2D eigenvalue weighted by Crippen LogP contribution is 2.18. The molecule has 0 aliphatic carbocycles. The minimum atomic E-state index is -0.323. The third-order valence-electron chi connectivity index (χ3n) is 5.46. The molecule has 1 aromatic rings. The molecule has 1 fully saturated rings. The number of anilines is 1. The highest BCUT2D eigenvalue weighted by molar-refractivity contribution is 5.85. The summed E-state index contributed by atoms with van der Waals surface area (Å²) in [4.78, 5) is 16.9. The van der Waals surface area contributed by atoms with Crippen LogP contribution in [-0.4, -0.2) is 55.1 Å². The SMILES string of the molecule is CCC(N)(CC)CNC(=O)C(C)N1CCN(c2ccc(F)cc2)CC1.Cl.Cl. The molecule has 1 amide bonds. The molecule has 0 radical (unpaired) electrons. The van der Waals surface area contributed by atoms with Gasteiger partial charge in [0, 0.05) is 44.0 Å². The van der Waals surface area contributed by atoms with E-state index in [4.69, 9.17) is 5.73 Å². The third kappa shape index (κ3) is 7.11. The number of carbonyl (C=O) groups is 1. The minimum Gasteiger partial charge on any atom is -0.369 e. The molecule has 2 rings (SSSR count). The topological polar surface area (TPSA) is 61.6 Å². The molecule has 8 heteroatoms. The van der Waals surface area contributed by atoms with Gasteiger partial charge in [0.15, 0.2) is 0 Å². The molecule has 1 aliphatic rings. The number of nitrogens with one attached hydrogen (secondary N) is 1. The van der Waals surface area contributed by atoms with Crippen LogP contribution in [0.3, 0.4) is 0 Å². The summed E-state index contributed by atoms with van der Waals surface area (Å²) >= 11 is 0. The maximum absolute atomic E-state index is 13.0. The standard InChI is InChI=1S/C19H31FN4O.2ClH/c1-4-19(21,5-2)14-22-18(25)15(3)23-10-12-24(13-11-23)17-8-6-16(20)7-9-17;;/h6-9,15H,4-5,10-14,21H2,1-3H3,(H,22,25);2*1H. The first-order valence-corrected chi connectivity index (χ1v) is 9.19. The number of nitrogens with two attached hydrogens (primary N) is 1. The van der Waals surface area contributed by atoms with E-state index in [2.05, 4.69) is 15.1 Å². The average molecular weight is 423 g/mol. The molecule has 1 heterocycles. The fraction of sp³-hybridized carbons (Fsp3) is 0.632. The number of amides is 1. The Hall–Kier alpha value is -1.08. The normalized spacial score (nSPS) is 16.1. The van der Waals surface area contributed by atoms with Crippen LogP contribution in [0.25, 0.3) is 0 Å². The van der Waals surface area contributed by atoms with Crippen molar-refractivity contribution in [3.8, 4) is 0 Å². The monoisotopic (exact) mass is 422 g/mol. The molecule has 5 nitrogen and oxygen atoms in total. The summed E-state index contributed by atoms with van der Waals surface area (Å²) in [6.07, 6.45) is 1.68. The van der Waals surface area contributed by atoms with Crippen molar-refractivity contribution in [2.24, 2.45) is 5.73 Å². The Morgan fingerprint density at radius 1 is 1.15 bits per heavy atom. The number of nitrogens with zero attached hydrogens (tertiary/aromatic N) is 2. The van der Waals surface area contributed by atoms with Crippen molar-refractivity contribution in [1.82, 2.24) is 10.2 Å². The summed E-state index contributed by atoms with van der Waals surface area (Å²) in [5.74, 6) is -0.185. The number of benzene rings is 1. The second-order valence-corrected chi connectivity index (χ2v) is 6.96. The fourth-order valence-corrected chi connectivity index (χ4v) is 3.10. The molecule has 156 valence electrons. The van der Waals surface area contributed by atoms with Gasteiger partial charge < -0.3 is 16.0 Å². The molecular weight excluding hydrogens is 390 g/mol. The van der Waals surface area contributed by atoms with Crippen molar-refractivity contribution in [2.75, 3.05) is 37.6 Å². The summed E-state index contributed by atoms with van der Waals surface area (Å²) < 4.78 is 13.0. The molecule has 27 heavy (non-hydrogen) atoms. The van der Waals surface area contributed by atoms with E-state index in [0.717, 1.165) is 44.7 Å². The largest absolute Gasteiger partial charge is 0.369 e. The van der Waals surface area contributed by atoms with Crippen LogP contribution >= 0.6 is 24.8 Å². The van der Waals surface area contributed by atoms with E-state index in [0.29, 0.717) is 6.54 Å². The molecule has 0 aromatic heterocycles. The second-order valence-electron chi connectivity index (χ2n) is 6.96. The van der Waals surface area contributed by atoms with Gasteiger partial charge in [0.1, 0.15) is 5.82 Å². The van der Waals surface area contributed by atoms with E-state index in [-0.39, 0.29) is 48.1 Å². The predicted molar refractivity (Wildman–Crippen MR) is 115 cm³/mol. The van der Waals surface area contributed by atoms with Crippen molar-refractivity contribution in [3.63, 3.8) is 0 Å². The van der Waals surface area contributed by atoms with Crippen molar-refractivity contribution in [1.29, 1.82) is 0 Å². The Bertz CT molecular complexity index is 561. The molecule has 0 bridgehead atoms. The van der Waals surface area contributed by atoms with Gasteiger partial charge in [-0.15, -0.1) is 24.8 Å². The number of hydrogen-bond acceptors (Lipinski definition) is 4. The Labute approximate surface area is 174 Å². The summed E-state index contributed by atoms with van der Waals surface area (Å²) in [5.41, 5.74) is 6.96. The summed E-state index contributed by atoms with van der Waals surface area (Å²) in [6.45, 7) is 9.82. The number of piperazine rings is 1. The molecule has 1 saturated heterocycles. The van der Waals surface area contributed by atoms with Gasteiger partial charge in [-0.2, -0.15) is 0 Å². The molecule has 1 atom stereocenters. The number of carbonyl (C=O) groups excluding carboxylic acids is 1. The van der Waals surface area contributed by atoms with Crippen LogP contribution in [0.4, 0.5) is 10.1 Å². The van der Waals surface area contributed by atoms with Crippen LogP contribution in [0.5, 0.6) is 0 Å². The average Bonchev–Trinajstić information content (AvgIpc) is 2.66. The lowest BCUT2D eigenvalue weighted by atomic mass is 9.94. The fourth-order valence-electron chi connectivity index (χ4n) is 3.10. The van der Waals surface area contributed by atoms with E-state index < -0.39 is 0 Å². The Morgan fingerprint density at radius 3 is 2.15 bits per heavy atom. The van der Waals surface area contributed by atoms with E-state index in [1.807, 2.05) is 20.8 Å². The second kappa shape index (κ2) is 11.7. The zero-order valence-electron chi connectivity index (χ0n) is 16.4. The quantitative estimate of drug-likeness (QED) is 0.708. The van der Waals surface area contributed by atoms with Crippen molar-refractivity contribution < 1.29 is 9.18 Å². The van der Waals surface area contributed by atoms with E-state index in [1.165, 1.54) is 12.1 Å². The van der Waals surface area contributed by atoms with Crippen LogP contribution in [0.15, 0.2) is 24.3 Å². The van der Waals surface area contributed by atoms with Gasteiger partial charge in [-0.1, -0.05) is 13.8 Å². The zero-order valence-corrected chi connectivity index (χ0v) is 18.0. The first kappa shape index (κ1) is 25.9. The summed E-state index contributed by atoms with van der Waals surface area (Å²) in [5, 5.41) is 3.01. The number of rotatable bonds is 7. The van der Waals surface area contributed by atoms with Gasteiger partial charge in [0.25, 0.3) is 0 Å². The van der Waals surface area contributed by atoms with E-state index in [9.17, 15) is 9.18 Å². The van der Waals surface area contributed by atoms with Gasteiger partial charge in [0.05, 0.1) is 6.04 Å². The van der Waals surface area contributed by atoms with Crippen LogP contribution in [0.1, 0.15) is 33.6 Å². The Morgan fingerprint density at radius 2 is 1.67 bits per heavy atom. The van der Waals surface area contributed by atoms with E-state index in [1.54, 1.807) is 12.1 Å². The van der Waals surface area contributed by atoms with Crippen LogP contribution in [0.2, 0.25) is 0 Å². The van der Waals surface area contributed by atoms with Gasteiger partial charge in [-0.3, -0.25) is 9.69 Å². The lowest BCUT2D eigenvalue weighted by Crippen LogP contribution is -2.56. The van der Waals surface area contributed by atoms with Crippen LogP contribution < -0.4 is 16.0 Å². The molecule has 0 spiro atoms. The smallest absolute Gasteiger partial charge is 0.237 e. The molecule has 3 N–H and O–H groups in total. The van der Waals surface area contributed by atoms with Gasteiger partial charge in [0.2, 0.25) is 5.91 Å². The lowest BCUT2D eigenvalue weighted by Gasteiger charge is -2.39. The predicted octanol–water partition coefficient (Wildman–Crippen LogP) is 2.81. The number of hydrogen-bond donors (Lipinski definition) is 2. The highest BCUT2D eigenvalue weighted by Gasteiger charge is 2.27. The maximum atomic E-state index is 13.0. The Kier molecular flexibility index (Phi) is 11.2. The first-order valence-electron chi connectivity index (χ1n) is 9.19. The molecule has 1 aliphatic heterocycles. The van der Waals surface area contributed by atoms with E-state index >= 15 is 0 Å². The third-order valence-corrected chi connectivity index (χ3v) is 5.46. The van der Waals surface area contributed by atoms with Crippen molar-refractivity contribution in [3.05, 3.63) is 30.1 Å². The molecule has 1 unspecified atom stereocenters. The molecule has 0 saturated carbocycles. The van der Waals surface area contributed by atoms with Gasteiger partial charge >= 0.3 is 0 Å². The molecular formula is C19H33Cl2FN4O. The van der Waals surface area contributed by atoms with Gasteiger partial charge in [-0.05, 0) is 44.0 Å². The van der Waals surface area contributed by atoms with Crippen molar-refractivity contribution in [2.45, 2.75) is 45.2 Å². The van der Waals surface area contributed by atoms with Gasteiger partial charge in [-0.25, -0.2) is 4.39 Å². The molecule has 1 aromatic carbocycles. The number of halogens is 3. The van der Waals surface area contributed by atoms with Crippen LogP contribution in [-0.2, 0) is 4.79 Å². The zero-order chi connectivity index (χ0) is 18.4. The summed E-state index contributed by atoms with van der Waals surface area (Å²) in [7, 11) is 0. The Balaban J connectivity index is 0.00000338. The van der Waals surface area contributed by atoms with Crippen LogP contribution in [0, 0.1) is 5.82 Å². The minimum absolute atomic E-state index is 0. The van der Waals surface area contributed by atoms with Crippen molar-refractivity contribution >= 4 is 36.4 Å². The lowest BCUT2D eigenvalue weighted by molar-refractivity contribution is -0.126. The first-order chi connectivity index (χ1) is 11.9.